The zero-order valence-corrected chi connectivity index (χ0v) is 18.3. The highest BCUT2D eigenvalue weighted by Gasteiger charge is 2.14. The van der Waals surface area contributed by atoms with Crippen LogP contribution in [-0.2, 0) is 6.54 Å². The Hall–Kier alpha value is -3.23. The van der Waals surface area contributed by atoms with Gasteiger partial charge in [-0.15, -0.1) is 5.10 Å². The van der Waals surface area contributed by atoms with Crippen LogP contribution in [-0.4, -0.2) is 51.7 Å². The van der Waals surface area contributed by atoms with Gasteiger partial charge in [0.1, 0.15) is 13.2 Å². The summed E-state index contributed by atoms with van der Waals surface area (Å²) in [5.41, 5.74) is 4.49. The number of nitrogens with zero attached hydrogens (tertiary/aromatic N) is 4. The van der Waals surface area contributed by atoms with Crippen molar-refractivity contribution in [3.05, 3.63) is 53.3 Å². The first-order chi connectivity index (χ1) is 15.8. The molecule has 8 nitrogen and oxygen atoms in total. The predicted octanol–water partition coefficient (Wildman–Crippen LogP) is 3.30. The number of aliphatic hydroxyl groups excluding tert-OH is 1. The Kier molecular flexibility index (Phi) is 7.47. The molecule has 0 saturated heterocycles. The Bertz CT molecular complexity index is 1060. The summed E-state index contributed by atoms with van der Waals surface area (Å²) in [7, 11) is 0. The molecule has 0 spiro atoms. The molecule has 0 saturated carbocycles. The molecule has 0 radical (unpaired) electrons. The van der Waals surface area contributed by atoms with Gasteiger partial charge in [0.05, 0.1) is 6.54 Å². The second kappa shape index (κ2) is 10.9. The van der Waals surface area contributed by atoms with E-state index >= 15 is 0 Å². The van der Waals surface area contributed by atoms with Crippen molar-refractivity contribution in [3.63, 3.8) is 0 Å². The van der Waals surface area contributed by atoms with E-state index in [1.165, 1.54) is 0 Å². The normalized spacial score (nSPS) is 13.1. The first-order valence-electron chi connectivity index (χ1n) is 11.0. The smallest absolute Gasteiger partial charge is 0.169 e. The molecule has 4 rings (SSSR count). The van der Waals surface area contributed by atoms with Crippen molar-refractivity contribution in [2.45, 2.75) is 32.7 Å². The van der Waals surface area contributed by atoms with Crippen molar-refractivity contribution in [2.75, 3.05) is 26.4 Å². The highest BCUT2D eigenvalue weighted by Crippen LogP contribution is 2.36. The lowest BCUT2D eigenvalue weighted by Crippen LogP contribution is -2.17. The van der Waals surface area contributed by atoms with Gasteiger partial charge in [-0.1, -0.05) is 24.3 Å². The number of unbranched alkanes of at least 4 members (excludes halogenated alkanes) is 2. The van der Waals surface area contributed by atoms with Crippen LogP contribution in [0.2, 0.25) is 0 Å². The van der Waals surface area contributed by atoms with Crippen LogP contribution in [0.3, 0.4) is 0 Å². The first kappa shape index (κ1) is 22.0. The Morgan fingerprint density at radius 1 is 1.09 bits per heavy atom. The fourth-order valence-electron chi connectivity index (χ4n) is 3.69. The predicted molar refractivity (Wildman–Crippen MR) is 123 cm³/mol. The zero-order valence-electron chi connectivity index (χ0n) is 18.3. The highest BCUT2D eigenvalue weighted by atomic mass is 16.6. The van der Waals surface area contributed by atoms with Crippen molar-refractivity contribution < 1.29 is 14.6 Å². The molecule has 0 bridgehead atoms. The molecule has 32 heavy (non-hydrogen) atoms. The van der Waals surface area contributed by atoms with Crippen LogP contribution in [0.25, 0.3) is 23.4 Å². The lowest BCUT2D eigenvalue weighted by atomic mass is 9.96. The summed E-state index contributed by atoms with van der Waals surface area (Å²) in [4.78, 5) is 0. The minimum Gasteiger partial charge on any atom is -0.486 e. The van der Waals surface area contributed by atoms with Crippen molar-refractivity contribution in [2.24, 2.45) is 0 Å². The van der Waals surface area contributed by atoms with Crippen LogP contribution in [0.4, 0.5) is 0 Å². The second-order valence-electron chi connectivity index (χ2n) is 7.69. The van der Waals surface area contributed by atoms with E-state index in [1.54, 1.807) is 4.68 Å². The number of fused-ring (bicyclic) bond motifs is 1. The third-order valence-corrected chi connectivity index (χ3v) is 5.48. The highest BCUT2D eigenvalue weighted by molar-refractivity contribution is 5.76. The van der Waals surface area contributed by atoms with Gasteiger partial charge in [0, 0.05) is 12.8 Å². The lowest BCUT2D eigenvalue weighted by Gasteiger charge is -2.19. The first-order valence-corrected chi connectivity index (χ1v) is 11.0. The van der Waals surface area contributed by atoms with Gasteiger partial charge in [-0.25, -0.2) is 4.68 Å². The number of hydrogen-bond donors (Lipinski definition) is 2. The van der Waals surface area contributed by atoms with Crippen LogP contribution >= 0.6 is 0 Å². The van der Waals surface area contributed by atoms with E-state index < -0.39 is 0 Å². The Morgan fingerprint density at radius 3 is 2.84 bits per heavy atom. The molecule has 1 aliphatic heterocycles. The molecule has 168 valence electrons. The van der Waals surface area contributed by atoms with Crippen LogP contribution in [0.15, 0.2) is 36.4 Å². The number of benzene rings is 2. The van der Waals surface area contributed by atoms with E-state index in [-0.39, 0.29) is 6.61 Å². The van der Waals surface area contributed by atoms with E-state index in [0.29, 0.717) is 19.8 Å². The number of nitrogens with one attached hydrogen (secondary N) is 1. The molecule has 2 N–H and O–H groups in total. The third-order valence-electron chi connectivity index (χ3n) is 5.48. The molecule has 2 heterocycles. The van der Waals surface area contributed by atoms with Gasteiger partial charge in [-0.05, 0) is 83.6 Å². The van der Waals surface area contributed by atoms with Crippen LogP contribution in [0, 0.1) is 6.92 Å². The van der Waals surface area contributed by atoms with Gasteiger partial charge >= 0.3 is 0 Å². The molecule has 8 heteroatoms. The average Bonchev–Trinajstić information content (AvgIpc) is 3.27. The molecule has 3 aromatic rings. The van der Waals surface area contributed by atoms with Crippen molar-refractivity contribution >= 4 is 12.3 Å². The Morgan fingerprint density at radius 2 is 1.97 bits per heavy atom. The van der Waals surface area contributed by atoms with E-state index in [1.807, 2.05) is 30.5 Å². The number of aliphatic hydroxyl groups is 1. The average molecular weight is 436 g/mol. The molecule has 0 atom stereocenters. The van der Waals surface area contributed by atoms with Gasteiger partial charge in [0.15, 0.2) is 17.3 Å². The minimum absolute atomic E-state index is 0.248. The van der Waals surface area contributed by atoms with E-state index in [9.17, 15) is 0 Å². The third kappa shape index (κ3) is 5.33. The van der Waals surface area contributed by atoms with Gasteiger partial charge in [-0.3, -0.25) is 0 Å². The van der Waals surface area contributed by atoms with Crippen LogP contribution in [0.5, 0.6) is 11.5 Å². The molecule has 0 fully saturated rings. The zero-order chi connectivity index (χ0) is 22.2. The van der Waals surface area contributed by atoms with Gasteiger partial charge in [0.25, 0.3) is 0 Å². The standard InChI is InChI=1S/C24H29N5O3/c1-18-19(10-12-29-24(26-27-28-29)17-25-11-3-2-4-13-30)6-5-7-21(18)20-8-9-22-23(16-20)32-15-14-31-22/h5-10,12,16,25,30H,2-4,11,13-15,17H2,1H3/b12-10+. The molecular formula is C24H29N5O3. The van der Waals surface area contributed by atoms with E-state index in [2.05, 4.69) is 46.0 Å². The minimum atomic E-state index is 0.248. The number of hydrogen-bond acceptors (Lipinski definition) is 7. The van der Waals surface area contributed by atoms with Crippen molar-refractivity contribution in [1.29, 1.82) is 0 Å². The number of rotatable bonds is 10. The van der Waals surface area contributed by atoms with Crippen molar-refractivity contribution in [3.8, 4) is 22.6 Å². The van der Waals surface area contributed by atoms with Gasteiger partial charge in [-0.2, -0.15) is 0 Å². The van der Waals surface area contributed by atoms with Crippen molar-refractivity contribution in [1.82, 2.24) is 25.5 Å². The Labute approximate surface area is 187 Å². The Balaban J connectivity index is 1.45. The molecule has 0 aliphatic carbocycles. The molecule has 0 unspecified atom stereocenters. The summed E-state index contributed by atoms with van der Waals surface area (Å²) in [6, 6.07) is 12.3. The maximum absolute atomic E-state index is 8.84. The van der Waals surface area contributed by atoms with E-state index in [4.69, 9.17) is 14.6 Å². The molecule has 2 aromatic carbocycles. The summed E-state index contributed by atoms with van der Waals surface area (Å²) in [6.07, 6.45) is 6.78. The van der Waals surface area contributed by atoms with Gasteiger partial charge in [0.2, 0.25) is 0 Å². The van der Waals surface area contributed by atoms with E-state index in [0.717, 1.165) is 65.4 Å². The lowest BCUT2D eigenvalue weighted by molar-refractivity contribution is 0.171. The number of tetrazole rings is 1. The summed E-state index contributed by atoms with van der Waals surface area (Å²) in [5.74, 6) is 2.34. The quantitative estimate of drug-likeness (QED) is 0.472. The monoisotopic (exact) mass is 435 g/mol. The molecule has 1 aromatic heterocycles. The summed E-state index contributed by atoms with van der Waals surface area (Å²) < 4.78 is 13.1. The summed E-state index contributed by atoms with van der Waals surface area (Å²) in [5, 5.41) is 24.2. The van der Waals surface area contributed by atoms with Crippen LogP contribution in [0.1, 0.15) is 36.2 Å². The number of ether oxygens (including phenoxy) is 2. The SMILES string of the molecule is Cc1c(/C=C/n2nnnc2CNCCCCCO)cccc1-c1ccc2c(c1)OCCO2. The topological polar surface area (TPSA) is 94.3 Å². The maximum Gasteiger partial charge on any atom is 0.169 e. The largest absolute Gasteiger partial charge is 0.486 e. The molecule has 0 amide bonds. The molecular weight excluding hydrogens is 406 g/mol. The fourth-order valence-corrected chi connectivity index (χ4v) is 3.69. The molecule has 1 aliphatic rings. The summed E-state index contributed by atoms with van der Waals surface area (Å²) in [6.45, 7) is 4.98. The van der Waals surface area contributed by atoms with Gasteiger partial charge < -0.3 is 19.9 Å². The summed E-state index contributed by atoms with van der Waals surface area (Å²) >= 11 is 0. The van der Waals surface area contributed by atoms with Crippen LogP contribution < -0.4 is 14.8 Å². The second-order valence-corrected chi connectivity index (χ2v) is 7.69. The number of aromatic nitrogens is 4. The maximum atomic E-state index is 8.84. The fraction of sp³-hybridized carbons (Fsp3) is 0.375.